The van der Waals surface area contributed by atoms with Crippen molar-refractivity contribution in [3.63, 3.8) is 0 Å². The number of hydrogen-bond acceptors (Lipinski definition) is 4. The van der Waals surface area contributed by atoms with E-state index in [9.17, 15) is 14.4 Å². The zero-order chi connectivity index (χ0) is 22.5. The number of rotatable bonds is 7. The second-order valence-corrected chi connectivity index (χ2v) is 9.67. The first kappa shape index (κ1) is 22.8. The first-order valence-corrected chi connectivity index (χ1v) is 12.4. The van der Waals surface area contributed by atoms with Crippen LogP contribution < -0.4 is 0 Å². The van der Waals surface area contributed by atoms with Crippen molar-refractivity contribution >= 4 is 17.7 Å². The second kappa shape index (κ2) is 10.5. The molecule has 0 spiro atoms. The van der Waals surface area contributed by atoms with Gasteiger partial charge in [-0.2, -0.15) is 5.10 Å². The van der Waals surface area contributed by atoms with Crippen LogP contribution in [-0.2, 0) is 9.59 Å². The average Bonchev–Trinajstić information content (AvgIpc) is 3.48. The quantitative estimate of drug-likeness (QED) is 0.702. The molecule has 1 saturated carbocycles. The minimum Gasteiger partial charge on any atom is -0.343 e. The lowest BCUT2D eigenvalue weighted by Crippen LogP contribution is -2.41. The summed E-state index contributed by atoms with van der Waals surface area (Å²) in [5.74, 6) is 0.506. The molecule has 1 atom stereocenters. The fourth-order valence-corrected chi connectivity index (χ4v) is 5.56. The molecule has 2 aliphatic heterocycles. The van der Waals surface area contributed by atoms with Crippen molar-refractivity contribution in [2.45, 2.75) is 82.6 Å². The van der Waals surface area contributed by atoms with Crippen LogP contribution >= 0.6 is 0 Å². The van der Waals surface area contributed by atoms with Crippen molar-refractivity contribution in [1.82, 2.24) is 24.9 Å². The van der Waals surface area contributed by atoms with Crippen LogP contribution in [0.4, 0.5) is 0 Å². The molecule has 8 nitrogen and oxygen atoms in total. The standard InChI is InChI=1S/C24H37N5O3/c1-27(19-9-3-2-4-10-19)24(32)20-16-25-26-23(20)18-8-5-15-29(17-18)22(31)12-7-14-28-13-6-11-21(28)30/h16,18-19H,2-15,17H2,1H3,(H,25,26)/t18-/m1/s1. The molecule has 1 aliphatic carbocycles. The van der Waals surface area contributed by atoms with Crippen molar-refractivity contribution in [2.24, 2.45) is 0 Å². The van der Waals surface area contributed by atoms with Gasteiger partial charge in [0.05, 0.1) is 17.5 Å². The molecule has 0 bridgehead atoms. The van der Waals surface area contributed by atoms with Crippen molar-refractivity contribution in [3.8, 4) is 0 Å². The SMILES string of the molecule is CN(C(=O)c1cn[nH]c1[C@@H]1CCCN(C(=O)CCCN2CCCC2=O)C1)C1CCCCC1. The smallest absolute Gasteiger partial charge is 0.257 e. The Morgan fingerprint density at radius 3 is 2.69 bits per heavy atom. The molecule has 3 heterocycles. The highest BCUT2D eigenvalue weighted by Gasteiger charge is 2.31. The van der Waals surface area contributed by atoms with Gasteiger partial charge >= 0.3 is 0 Å². The fraction of sp³-hybridized carbons (Fsp3) is 0.750. The minimum absolute atomic E-state index is 0.0411. The lowest BCUT2D eigenvalue weighted by Gasteiger charge is -2.34. The van der Waals surface area contributed by atoms with Gasteiger partial charge in [-0.05, 0) is 38.5 Å². The molecule has 3 amide bonds. The molecule has 176 valence electrons. The van der Waals surface area contributed by atoms with E-state index in [4.69, 9.17) is 0 Å². The topological polar surface area (TPSA) is 89.6 Å². The maximum absolute atomic E-state index is 13.2. The van der Waals surface area contributed by atoms with Gasteiger partial charge in [-0.1, -0.05) is 19.3 Å². The summed E-state index contributed by atoms with van der Waals surface area (Å²) in [5.41, 5.74) is 1.53. The molecule has 8 heteroatoms. The molecule has 1 N–H and O–H groups in total. The molecule has 2 saturated heterocycles. The summed E-state index contributed by atoms with van der Waals surface area (Å²) in [4.78, 5) is 43.5. The van der Waals surface area contributed by atoms with Crippen LogP contribution in [0, 0.1) is 0 Å². The van der Waals surface area contributed by atoms with Crippen LogP contribution in [0.5, 0.6) is 0 Å². The summed E-state index contributed by atoms with van der Waals surface area (Å²) in [6.45, 7) is 2.88. The maximum atomic E-state index is 13.2. The zero-order valence-electron chi connectivity index (χ0n) is 19.4. The van der Waals surface area contributed by atoms with Gasteiger partial charge in [-0.15, -0.1) is 0 Å². The van der Waals surface area contributed by atoms with E-state index in [0.29, 0.717) is 44.0 Å². The highest BCUT2D eigenvalue weighted by molar-refractivity contribution is 5.95. The number of aromatic amines is 1. The van der Waals surface area contributed by atoms with E-state index in [1.54, 1.807) is 6.20 Å². The first-order chi connectivity index (χ1) is 15.5. The van der Waals surface area contributed by atoms with Gasteiger partial charge in [-0.25, -0.2) is 0 Å². The van der Waals surface area contributed by atoms with E-state index in [1.807, 2.05) is 21.7 Å². The summed E-state index contributed by atoms with van der Waals surface area (Å²) in [5, 5.41) is 7.28. The number of H-pyrrole nitrogens is 1. The number of carbonyl (C=O) groups is 3. The molecule has 0 unspecified atom stereocenters. The molecular weight excluding hydrogens is 406 g/mol. The lowest BCUT2D eigenvalue weighted by atomic mass is 9.91. The Morgan fingerprint density at radius 2 is 1.94 bits per heavy atom. The van der Waals surface area contributed by atoms with Gasteiger partial charge in [-0.3, -0.25) is 19.5 Å². The molecule has 32 heavy (non-hydrogen) atoms. The molecule has 0 aromatic carbocycles. The number of aromatic nitrogens is 2. The zero-order valence-corrected chi connectivity index (χ0v) is 19.4. The lowest BCUT2D eigenvalue weighted by molar-refractivity contribution is -0.133. The number of hydrogen-bond donors (Lipinski definition) is 1. The van der Waals surface area contributed by atoms with Crippen molar-refractivity contribution < 1.29 is 14.4 Å². The monoisotopic (exact) mass is 443 g/mol. The van der Waals surface area contributed by atoms with Gasteiger partial charge < -0.3 is 14.7 Å². The van der Waals surface area contributed by atoms with E-state index >= 15 is 0 Å². The highest BCUT2D eigenvalue weighted by atomic mass is 16.2. The number of carbonyl (C=O) groups excluding carboxylic acids is 3. The minimum atomic E-state index is 0.0411. The maximum Gasteiger partial charge on any atom is 0.257 e. The largest absolute Gasteiger partial charge is 0.343 e. The third-order valence-electron chi connectivity index (χ3n) is 7.51. The Bertz CT molecular complexity index is 816. The van der Waals surface area contributed by atoms with E-state index in [2.05, 4.69) is 10.2 Å². The summed E-state index contributed by atoms with van der Waals surface area (Å²) in [6, 6.07) is 0.311. The third kappa shape index (κ3) is 5.15. The normalized spacial score (nSPS) is 22.4. The van der Waals surface area contributed by atoms with Gasteiger partial charge in [0, 0.05) is 58.0 Å². The Morgan fingerprint density at radius 1 is 1.12 bits per heavy atom. The molecule has 1 aromatic heterocycles. The molecule has 3 aliphatic rings. The molecule has 3 fully saturated rings. The molecular formula is C24H37N5O3. The number of piperidine rings is 1. The average molecular weight is 444 g/mol. The van der Waals surface area contributed by atoms with E-state index in [1.165, 1.54) is 19.3 Å². The Labute approximate surface area is 190 Å². The second-order valence-electron chi connectivity index (χ2n) is 9.67. The Balaban J connectivity index is 1.33. The van der Waals surface area contributed by atoms with E-state index in [-0.39, 0.29) is 23.6 Å². The van der Waals surface area contributed by atoms with Crippen molar-refractivity contribution in [3.05, 3.63) is 17.5 Å². The fourth-order valence-electron chi connectivity index (χ4n) is 5.56. The Kier molecular flexibility index (Phi) is 7.48. The third-order valence-corrected chi connectivity index (χ3v) is 7.51. The number of nitrogens with zero attached hydrogens (tertiary/aromatic N) is 4. The highest BCUT2D eigenvalue weighted by Crippen LogP contribution is 2.30. The van der Waals surface area contributed by atoms with Crippen LogP contribution in [0.1, 0.15) is 92.6 Å². The Hall–Kier alpha value is -2.38. The van der Waals surface area contributed by atoms with Crippen LogP contribution in [0.25, 0.3) is 0 Å². The van der Waals surface area contributed by atoms with Crippen molar-refractivity contribution in [1.29, 1.82) is 0 Å². The number of amides is 3. The molecule has 0 radical (unpaired) electrons. The predicted octanol–water partition coefficient (Wildman–Crippen LogP) is 2.92. The van der Waals surface area contributed by atoms with Crippen LogP contribution in [0.15, 0.2) is 6.20 Å². The summed E-state index contributed by atoms with van der Waals surface area (Å²) >= 11 is 0. The van der Waals surface area contributed by atoms with Crippen LogP contribution in [0.3, 0.4) is 0 Å². The van der Waals surface area contributed by atoms with Gasteiger partial charge in [0.25, 0.3) is 5.91 Å². The summed E-state index contributed by atoms with van der Waals surface area (Å²) < 4.78 is 0. The van der Waals surface area contributed by atoms with Gasteiger partial charge in [0.1, 0.15) is 0 Å². The number of likely N-dealkylation sites (tertiary alicyclic amines) is 2. The molecule has 4 rings (SSSR count). The predicted molar refractivity (Wildman–Crippen MR) is 121 cm³/mol. The van der Waals surface area contributed by atoms with Crippen LogP contribution in [0.2, 0.25) is 0 Å². The summed E-state index contributed by atoms with van der Waals surface area (Å²) in [7, 11) is 1.91. The van der Waals surface area contributed by atoms with Crippen LogP contribution in [-0.4, -0.2) is 81.9 Å². The van der Waals surface area contributed by atoms with Crippen molar-refractivity contribution in [2.75, 3.05) is 33.2 Å². The number of nitrogens with one attached hydrogen (secondary N) is 1. The van der Waals surface area contributed by atoms with Gasteiger partial charge in [0.2, 0.25) is 11.8 Å². The molecule has 1 aromatic rings. The van der Waals surface area contributed by atoms with Gasteiger partial charge in [0.15, 0.2) is 0 Å². The summed E-state index contributed by atoms with van der Waals surface area (Å²) in [6.07, 6.45) is 12.1. The first-order valence-electron chi connectivity index (χ1n) is 12.4. The van der Waals surface area contributed by atoms with E-state index in [0.717, 1.165) is 50.9 Å². The van der Waals surface area contributed by atoms with E-state index < -0.39 is 0 Å².